The van der Waals surface area contributed by atoms with Gasteiger partial charge in [-0.1, -0.05) is 45.8 Å². The van der Waals surface area contributed by atoms with Gasteiger partial charge in [0.25, 0.3) is 0 Å². The van der Waals surface area contributed by atoms with Gasteiger partial charge in [0.15, 0.2) is 5.82 Å². The number of nitrogen functional groups attached to an aromatic ring is 1. The molecule has 0 unspecified atom stereocenters. The number of nitrogens with one attached hydrogen (secondary N) is 1. The van der Waals surface area contributed by atoms with Crippen LogP contribution in [0.15, 0.2) is 46.9 Å². The summed E-state index contributed by atoms with van der Waals surface area (Å²) >= 11 is 3.52. The summed E-state index contributed by atoms with van der Waals surface area (Å²) in [5, 5.41) is 6.96. The average molecular weight is 346 g/mol. The molecule has 0 saturated carbocycles. The highest BCUT2D eigenvalue weighted by Crippen LogP contribution is 2.39. The zero-order chi connectivity index (χ0) is 15.0. The lowest BCUT2D eigenvalue weighted by Gasteiger charge is -2.08. The van der Waals surface area contributed by atoms with Crippen molar-refractivity contribution in [3.8, 4) is 22.4 Å². The number of aromatic nitrogens is 2. The third-order valence-electron chi connectivity index (χ3n) is 3.33. The lowest BCUT2D eigenvalue weighted by molar-refractivity contribution is 0.631. The molecule has 3 N–H and O–H groups in total. The number of rotatable bonds is 2. The van der Waals surface area contributed by atoms with E-state index < -0.39 is 0 Å². The molecule has 0 atom stereocenters. The Morgan fingerprint density at radius 3 is 2.67 bits per heavy atom. The monoisotopic (exact) mass is 345 g/mol. The van der Waals surface area contributed by atoms with Crippen LogP contribution in [0.25, 0.3) is 22.4 Å². The molecule has 5 heteroatoms. The fraction of sp³-hybridized carbons (Fsp3) is 0.0625. The smallest absolute Gasteiger partial charge is 0.153 e. The van der Waals surface area contributed by atoms with Crippen molar-refractivity contribution in [2.24, 2.45) is 0 Å². The van der Waals surface area contributed by atoms with Crippen LogP contribution in [0.3, 0.4) is 0 Å². The van der Waals surface area contributed by atoms with Crippen molar-refractivity contribution >= 4 is 21.7 Å². The van der Waals surface area contributed by atoms with Crippen molar-refractivity contribution in [2.45, 2.75) is 6.92 Å². The van der Waals surface area contributed by atoms with Gasteiger partial charge in [-0.05, 0) is 25.1 Å². The largest absolute Gasteiger partial charge is 0.382 e. The van der Waals surface area contributed by atoms with E-state index in [0.29, 0.717) is 16.8 Å². The van der Waals surface area contributed by atoms with E-state index in [9.17, 15) is 4.39 Å². The van der Waals surface area contributed by atoms with E-state index in [1.54, 1.807) is 18.2 Å². The molecule has 0 spiro atoms. The van der Waals surface area contributed by atoms with Crippen LogP contribution in [-0.4, -0.2) is 10.2 Å². The minimum atomic E-state index is -0.323. The summed E-state index contributed by atoms with van der Waals surface area (Å²) in [6, 6.07) is 12.5. The fourth-order valence-electron chi connectivity index (χ4n) is 2.32. The van der Waals surface area contributed by atoms with Gasteiger partial charge in [0.2, 0.25) is 0 Å². The Hall–Kier alpha value is -2.14. The van der Waals surface area contributed by atoms with Gasteiger partial charge in [-0.15, -0.1) is 0 Å². The lowest BCUT2D eigenvalue weighted by atomic mass is 9.99. The fourth-order valence-corrected chi connectivity index (χ4v) is 2.76. The molecular weight excluding hydrogens is 333 g/mol. The van der Waals surface area contributed by atoms with Crippen molar-refractivity contribution in [3.63, 3.8) is 0 Å². The zero-order valence-corrected chi connectivity index (χ0v) is 12.9. The van der Waals surface area contributed by atoms with E-state index in [-0.39, 0.29) is 11.6 Å². The second-order valence-corrected chi connectivity index (χ2v) is 5.68. The Labute approximate surface area is 130 Å². The van der Waals surface area contributed by atoms with E-state index in [0.717, 1.165) is 15.6 Å². The number of nitrogens with two attached hydrogens (primary N) is 1. The van der Waals surface area contributed by atoms with Crippen LogP contribution in [0.2, 0.25) is 0 Å². The summed E-state index contributed by atoms with van der Waals surface area (Å²) in [6.07, 6.45) is 0. The molecular formula is C16H13BrFN3. The second kappa shape index (κ2) is 5.33. The first kappa shape index (κ1) is 13.8. The number of anilines is 1. The zero-order valence-electron chi connectivity index (χ0n) is 11.3. The van der Waals surface area contributed by atoms with Crippen molar-refractivity contribution in [1.29, 1.82) is 0 Å². The average Bonchev–Trinajstić information content (AvgIpc) is 2.84. The lowest BCUT2D eigenvalue weighted by Crippen LogP contribution is -1.92. The highest BCUT2D eigenvalue weighted by molar-refractivity contribution is 9.10. The summed E-state index contributed by atoms with van der Waals surface area (Å²) in [6.45, 7) is 2.00. The van der Waals surface area contributed by atoms with Gasteiger partial charge in [0.05, 0.1) is 11.3 Å². The van der Waals surface area contributed by atoms with Gasteiger partial charge in [0.1, 0.15) is 5.82 Å². The number of H-pyrrole nitrogens is 1. The molecule has 1 heterocycles. The number of nitrogens with zero attached hydrogens (tertiary/aromatic N) is 1. The Balaban J connectivity index is 2.27. The maximum atomic E-state index is 14.1. The molecule has 21 heavy (non-hydrogen) atoms. The van der Waals surface area contributed by atoms with Crippen LogP contribution in [0.4, 0.5) is 10.2 Å². The van der Waals surface area contributed by atoms with Crippen molar-refractivity contribution in [1.82, 2.24) is 10.2 Å². The summed E-state index contributed by atoms with van der Waals surface area (Å²) < 4.78 is 15.0. The topological polar surface area (TPSA) is 54.7 Å². The standard InChI is InChI=1S/C16H13BrFN3/c1-9-6-7-12(17)11(8-9)15-14(16(19)21-20-15)10-4-2-3-5-13(10)18/h2-8H,1H3,(H3,19,20,21). The Morgan fingerprint density at radius 1 is 1.14 bits per heavy atom. The maximum Gasteiger partial charge on any atom is 0.153 e. The van der Waals surface area contributed by atoms with Crippen LogP contribution in [0.5, 0.6) is 0 Å². The molecule has 0 aliphatic rings. The molecule has 0 radical (unpaired) electrons. The van der Waals surface area contributed by atoms with Gasteiger partial charge in [0, 0.05) is 15.6 Å². The molecule has 3 rings (SSSR count). The van der Waals surface area contributed by atoms with Crippen LogP contribution in [-0.2, 0) is 0 Å². The first-order valence-electron chi connectivity index (χ1n) is 6.43. The molecule has 2 aromatic carbocycles. The van der Waals surface area contributed by atoms with E-state index >= 15 is 0 Å². The summed E-state index contributed by atoms with van der Waals surface area (Å²) in [5.41, 5.74) is 9.66. The summed E-state index contributed by atoms with van der Waals surface area (Å²) in [4.78, 5) is 0. The minimum absolute atomic E-state index is 0.281. The van der Waals surface area contributed by atoms with E-state index in [1.165, 1.54) is 6.07 Å². The van der Waals surface area contributed by atoms with E-state index in [1.807, 2.05) is 25.1 Å². The molecule has 0 bridgehead atoms. The highest BCUT2D eigenvalue weighted by atomic mass is 79.9. The maximum absolute atomic E-state index is 14.1. The van der Waals surface area contributed by atoms with Crippen molar-refractivity contribution in [2.75, 3.05) is 5.73 Å². The summed E-state index contributed by atoms with van der Waals surface area (Å²) in [7, 11) is 0. The molecule has 0 amide bonds. The van der Waals surface area contributed by atoms with Crippen molar-refractivity contribution in [3.05, 3.63) is 58.3 Å². The van der Waals surface area contributed by atoms with Crippen LogP contribution in [0.1, 0.15) is 5.56 Å². The molecule has 3 aromatic rings. The minimum Gasteiger partial charge on any atom is -0.382 e. The number of hydrogen-bond acceptors (Lipinski definition) is 2. The molecule has 3 nitrogen and oxygen atoms in total. The quantitative estimate of drug-likeness (QED) is 0.716. The Kier molecular flexibility index (Phi) is 3.51. The molecule has 0 fully saturated rings. The van der Waals surface area contributed by atoms with Crippen LogP contribution in [0, 0.1) is 12.7 Å². The van der Waals surface area contributed by atoms with Crippen LogP contribution < -0.4 is 5.73 Å². The third kappa shape index (κ3) is 2.45. The van der Waals surface area contributed by atoms with Gasteiger partial charge < -0.3 is 5.73 Å². The first-order chi connectivity index (χ1) is 10.1. The Bertz CT molecular complexity index is 811. The number of halogens is 2. The highest BCUT2D eigenvalue weighted by Gasteiger charge is 2.19. The number of aromatic amines is 1. The molecule has 0 aliphatic carbocycles. The number of hydrogen-bond donors (Lipinski definition) is 2. The molecule has 0 aliphatic heterocycles. The number of benzene rings is 2. The van der Waals surface area contributed by atoms with Crippen LogP contribution >= 0.6 is 15.9 Å². The van der Waals surface area contributed by atoms with Gasteiger partial charge in [-0.3, -0.25) is 5.10 Å². The second-order valence-electron chi connectivity index (χ2n) is 4.82. The van der Waals surface area contributed by atoms with Gasteiger partial charge in [-0.25, -0.2) is 4.39 Å². The predicted octanol–water partition coefficient (Wildman–Crippen LogP) is 4.54. The number of aryl methyl sites for hydroxylation is 1. The SMILES string of the molecule is Cc1ccc(Br)c(-c2[nH]nc(N)c2-c2ccccc2F)c1. The van der Waals surface area contributed by atoms with E-state index in [4.69, 9.17) is 5.73 Å². The third-order valence-corrected chi connectivity index (χ3v) is 4.02. The molecule has 106 valence electrons. The summed E-state index contributed by atoms with van der Waals surface area (Å²) in [5.74, 6) is -0.0425. The van der Waals surface area contributed by atoms with Gasteiger partial charge >= 0.3 is 0 Å². The Morgan fingerprint density at radius 2 is 1.90 bits per heavy atom. The predicted molar refractivity (Wildman–Crippen MR) is 86.3 cm³/mol. The molecule has 1 aromatic heterocycles. The molecule has 0 saturated heterocycles. The normalized spacial score (nSPS) is 10.8. The van der Waals surface area contributed by atoms with Gasteiger partial charge in [-0.2, -0.15) is 5.10 Å². The van der Waals surface area contributed by atoms with Crippen molar-refractivity contribution < 1.29 is 4.39 Å². The van der Waals surface area contributed by atoms with E-state index in [2.05, 4.69) is 26.1 Å². The first-order valence-corrected chi connectivity index (χ1v) is 7.22.